The van der Waals surface area contributed by atoms with Gasteiger partial charge in [-0.05, 0) is 18.8 Å². The van der Waals surface area contributed by atoms with Gasteiger partial charge in [0.15, 0.2) is 0 Å². The molecule has 0 fully saturated rings. The molecule has 0 aromatic heterocycles. The van der Waals surface area contributed by atoms with Crippen LogP contribution in [0.15, 0.2) is 0 Å². The first-order chi connectivity index (χ1) is 5.98. The summed E-state index contributed by atoms with van der Waals surface area (Å²) in [5.41, 5.74) is 5.38. The molecule has 0 saturated heterocycles. The van der Waals surface area contributed by atoms with E-state index in [0.717, 1.165) is 25.7 Å². The summed E-state index contributed by atoms with van der Waals surface area (Å²) in [5, 5.41) is 10.3. The summed E-state index contributed by atoms with van der Waals surface area (Å²) in [6, 6.07) is -0.0904. The molecule has 0 amide bonds. The zero-order valence-electron chi connectivity index (χ0n) is 9.51. The van der Waals surface area contributed by atoms with Gasteiger partial charge in [-0.3, -0.25) is 0 Å². The number of hydrogen-bond acceptors (Lipinski definition) is 2. The van der Waals surface area contributed by atoms with Gasteiger partial charge in [-0.2, -0.15) is 0 Å². The standard InChI is InChI=1S/C11H25NO/c1-5-7-11(13,8-6-2)10(12)9(3)4/h9-10,13H,5-8,12H2,1-4H3/t10-/m1/s1. The van der Waals surface area contributed by atoms with Gasteiger partial charge in [-0.25, -0.2) is 0 Å². The minimum absolute atomic E-state index is 0.0904. The van der Waals surface area contributed by atoms with Crippen molar-refractivity contribution in [2.75, 3.05) is 0 Å². The monoisotopic (exact) mass is 187 g/mol. The fourth-order valence-electron chi connectivity index (χ4n) is 1.94. The number of aliphatic hydroxyl groups is 1. The maximum atomic E-state index is 10.3. The largest absolute Gasteiger partial charge is 0.388 e. The van der Waals surface area contributed by atoms with Gasteiger partial charge in [-0.1, -0.05) is 40.5 Å². The molecule has 0 bridgehead atoms. The second kappa shape index (κ2) is 5.61. The van der Waals surface area contributed by atoms with E-state index in [1.165, 1.54) is 0 Å². The zero-order valence-corrected chi connectivity index (χ0v) is 9.51. The van der Waals surface area contributed by atoms with Crippen LogP contribution in [0.3, 0.4) is 0 Å². The van der Waals surface area contributed by atoms with Crippen molar-refractivity contribution < 1.29 is 5.11 Å². The van der Waals surface area contributed by atoms with Gasteiger partial charge < -0.3 is 10.8 Å². The molecule has 0 aliphatic rings. The van der Waals surface area contributed by atoms with Gasteiger partial charge in [0.25, 0.3) is 0 Å². The molecule has 0 aromatic carbocycles. The molecule has 0 heterocycles. The lowest BCUT2D eigenvalue weighted by atomic mass is 9.80. The van der Waals surface area contributed by atoms with Crippen LogP contribution in [0, 0.1) is 5.92 Å². The fraction of sp³-hybridized carbons (Fsp3) is 1.00. The molecule has 13 heavy (non-hydrogen) atoms. The molecule has 2 nitrogen and oxygen atoms in total. The minimum atomic E-state index is -0.641. The fourth-order valence-corrected chi connectivity index (χ4v) is 1.94. The summed E-state index contributed by atoms with van der Waals surface area (Å²) >= 11 is 0. The molecule has 0 aliphatic carbocycles. The van der Waals surface area contributed by atoms with Crippen molar-refractivity contribution in [2.24, 2.45) is 11.7 Å². The van der Waals surface area contributed by atoms with E-state index in [-0.39, 0.29) is 6.04 Å². The lowest BCUT2D eigenvalue weighted by molar-refractivity contribution is -0.0168. The highest BCUT2D eigenvalue weighted by atomic mass is 16.3. The molecule has 1 atom stereocenters. The second-order valence-corrected chi connectivity index (χ2v) is 4.37. The van der Waals surface area contributed by atoms with Crippen LogP contribution in [0.2, 0.25) is 0 Å². The first kappa shape index (κ1) is 12.9. The van der Waals surface area contributed by atoms with Crippen molar-refractivity contribution in [3.05, 3.63) is 0 Å². The molecule has 0 rings (SSSR count). The van der Waals surface area contributed by atoms with Crippen LogP contribution in [0.25, 0.3) is 0 Å². The van der Waals surface area contributed by atoms with Crippen molar-refractivity contribution in [3.63, 3.8) is 0 Å². The van der Waals surface area contributed by atoms with E-state index < -0.39 is 5.60 Å². The predicted molar refractivity (Wildman–Crippen MR) is 57.6 cm³/mol. The molecular weight excluding hydrogens is 162 g/mol. The van der Waals surface area contributed by atoms with Crippen LogP contribution in [-0.2, 0) is 0 Å². The molecule has 0 unspecified atom stereocenters. The van der Waals surface area contributed by atoms with Gasteiger partial charge in [0.2, 0.25) is 0 Å². The molecule has 0 radical (unpaired) electrons. The lowest BCUT2D eigenvalue weighted by Gasteiger charge is -2.36. The van der Waals surface area contributed by atoms with Crippen molar-refractivity contribution >= 4 is 0 Å². The van der Waals surface area contributed by atoms with Gasteiger partial charge >= 0.3 is 0 Å². The molecule has 0 spiro atoms. The first-order valence-corrected chi connectivity index (χ1v) is 5.45. The van der Waals surface area contributed by atoms with Crippen molar-refractivity contribution in [3.8, 4) is 0 Å². The highest BCUT2D eigenvalue weighted by Gasteiger charge is 2.33. The summed E-state index contributed by atoms with van der Waals surface area (Å²) in [5.74, 6) is 0.350. The Morgan fingerprint density at radius 2 is 1.54 bits per heavy atom. The summed E-state index contributed by atoms with van der Waals surface area (Å²) in [6.45, 7) is 8.32. The maximum Gasteiger partial charge on any atom is 0.0800 e. The molecule has 0 aromatic rings. The number of rotatable bonds is 6. The SMILES string of the molecule is CCCC(O)(CCC)[C@H](N)C(C)C. The Labute approximate surface area is 82.5 Å². The summed E-state index contributed by atoms with van der Waals surface area (Å²) < 4.78 is 0. The first-order valence-electron chi connectivity index (χ1n) is 5.45. The number of nitrogens with two attached hydrogens (primary N) is 1. The van der Waals surface area contributed by atoms with E-state index >= 15 is 0 Å². The van der Waals surface area contributed by atoms with Crippen LogP contribution in [0.5, 0.6) is 0 Å². The Balaban J connectivity index is 4.36. The summed E-state index contributed by atoms with van der Waals surface area (Å²) in [6.07, 6.45) is 3.63. The average molecular weight is 187 g/mol. The van der Waals surface area contributed by atoms with Crippen molar-refractivity contribution in [1.29, 1.82) is 0 Å². The van der Waals surface area contributed by atoms with E-state index in [2.05, 4.69) is 27.7 Å². The van der Waals surface area contributed by atoms with Crippen molar-refractivity contribution in [2.45, 2.75) is 65.0 Å². The Morgan fingerprint density at radius 1 is 1.15 bits per heavy atom. The van der Waals surface area contributed by atoms with Crippen LogP contribution in [0.1, 0.15) is 53.4 Å². The van der Waals surface area contributed by atoms with Gasteiger partial charge in [0.1, 0.15) is 0 Å². The Bertz CT molecular complexity index is 128. The van der Waals surface area contributed by atoms with E-state index in [1.807, 2.05) is 0 Å². The molecule has 0 saturated carbocycles. The molecular formula is C11H25NO. The normalized spacial score (nSPS) is 15.0. The maximum absolute atomic E-state index is 10.3. The smallest absolute Gasteiger partial charge is 0.0800 e. The van der Waals surface area contributed by atoms with E-state index in [9.17, 15) is 5.11 Å². The minimum Gasteiger partial charge on any atom is -0.388 e. The molecule has 3 N–H and O–H groups in total. The lowest BCUT2D eigenvalue weighted by Crippen LogP contribution is -2.50. The molecule has 80 valence electrons. The van der Waals surface area contributed by atoms with Crippen LogP contribution in [-0.4, -0.2) is 16.7 Å². The third kappa shape index (κ3) is 3.65. The van der Waals surface area contributed by atoms with Gasteiger partial charge in [-0.15, -0.1) is 0 Å². The molecule has 2 heteroatoms. The van der Waals surface area contributed by atoms with Crippen LogP contribution >= 0.6 is 0 Å². The topological polar surface area (TPSA) is 46.2 Å². The summed E-state index contributed by atoms with van der Waals surface area (Å²) in [4.78, 5) is 0. The van der Waals surface area contributed by atoms with Gasteiger partial charge in [0.05, 0.1) is 5.60 Å². The third-order valence-corrected chi connectivity index (χ3v) is 2.70. The Morgan fingerprint density at radius 3 is 1.77 bits per heavy atom. The quantitative estimate of drug-likeness (QED) is 0.670. The molecule has 0 aliphatic heterocycles. The Hall–Kier alpha value is -0.0800. The zero-order chi connectivity index (χ0) is 10.5. The van der Waals surface area contributed by atoms with Crippen LogP contribution < -0.4 is 5.73 Å². The average Bonchev–Trinajstić information content (AvgIpc) is 2.03. The Kier molecular flexibility index (Phi) is 5.57. The number of hydrogen-bond donors (Lipinski definition) is 2. The third-order valence-electron chi connectivity index (χ3n) is 2.70. The highest BCUT2D eigenvalue weighted by Crippen LogP contribution is 2.26. The predicted octanol–water partition coefficient (Wildman–Crippen LogP) is 2.30. The van der Waals surface area contributed by atoms with E-state index in [4.69, 9.17) is 5.73 Å². The van der Waals surface area contributed by atoms with Gasteiger partial charge in [0, 0.05) is 6.04 Å². The van der Waals surface area contributed by atoms with Crippen LogP contribution in [0.4, 0.5) is 0 Å². The second-order valence-electron chi connectivity index (χ2n) is 4.37. The van der Waals surface area contributed by atoms with E-state index in [0.29, 0.717) is 5.92 Å². The van der Waals surface area contributed by atoms with Crippen molar-refractivity contribution in [1.82, 2.24) is 0 Å². The summed E-state index contributed by atoms with van der Waals surface area (Å²) in [7, 11) is 0. The highest BCUT2D eigenvalue weighted by molar-refractivity contribution is 4.90. The van der Waals surface area contributed by atoms with E-state index in [1.54, 1.807) is 0 Å².